The Kier molecular flexibility index (Phi) is 5.44. The van der Waals surface area contributed by atoms with Gasteiger partial charge in [-0.3, -0.25) is 4.79 Å². The molecule has 152 valence electrons. The van der Waals surface area contributed by atoms with E-state index in [4.69, 9.17) is 11.6 Å². The standard InChI is InChI=1S/C21H13ClF3N3OS/c22-16-6-5-14(8-15(16)21(23,24)25)20-26-9-17(28-20)13-3-1-12(2-4-13)7-19(29)18-10-30-11-27-18/h1-6,8-11H,7H2,(H,26,28). The Morgan fingerprint density at radius 1 is 1.07 bits per heavy atom. The van der Waals surface area contributed by atoms with Gasteiger partial charge in [0.25, 0.3) is 0 Å². The van der Waals surface area contributed by atoms with E-state index >= 15 is 0 Å². The van der Waals surface area contributed by atoms with Gasteiger partial charge in [-0.05, 0) is 29.3 Å². The first-order valence-electron chi connectivity index (χ1n) is 8.74. The second kappa shape index (κ2) is 8.04. The van der Waals surface area contributed by atoms with Crippen LogP contribution in [0.4, 0.5) is 13.2 Å². The summed E-state index contributed by atoms with van der Waals surface area (Å²) in [4.78, 5) is 23.4. The van der Waals surface area contributed by atoms with Gasteiger partial charge in [0.05, 0.1) is 28.0 Å². The summed E-state index contributed by atoms with van der Waals surface area (Å²) in [5.41, 5.74) is 3.71. The normalized spacial score (nSPS) is 11.6. The number of H-pyrrole nitrogens is 1. The number of alkyl halides is 3. The average molecular weight is 448 g/mol. The zero-order chi connectivity index (χ0) is 21.3. The lowest BCUT2D eigenvalue weighted by Crippen LogP contribution is -2.06. The summed E-state index contributed by atoms with van der Waals surface area (Å²) in [6.07, 6.45) is -2.76. The first kappa shape index (κ1) is 20.3. The molecule has 2 aromatic heterocycles. The molecule has 9 heteroatoms. The van der Waals surface area contributed by atoms with Crippen molar-refractivity contribution in [1.82, 2.24) is 15.0 Å². The molecule has 0 aliphatic heterocycles. The molecule has 0 saturated carbocycles. The Labute approximate surface area is 178 Å². The highest BCUT2D eigenvalue weighted by molar-refractivity contribution is 7.07. The molecule has 0 unspecified atom stereocenters. The summed E-state index contributed by atoms with van der Waals surface area (Å²) in [6.45, 7) is 0. The van der Waals surface area contributed by atoms with E-state index < -0.39 is 11.7 Å². The van der Waals surface area contributed by atoms with Crippen molar-refractivity contribution < 1.29 is 18.0 Å². The van der Waals surface area contributed by atoms with Crippen LogP contribution in [0.15, 0.2) is 59.6 Å². The fourth-order valence-electron chi connectivity index (χ4n) is 2.93. The minimum absolute atomic E-state index is 0.0592. The Hall–Kier alpha value is -2.97. The summed E-state index contributed by atoms with van der Waals surface area (Å²) >= 11 is 7.04. The van der Waals surface area contributed by atoms with Gasteiger partial charge in [-0.2, -0.15) is 13.2 Å². The van der Waals surface area contributed by atoms with Gasteiger partial charge in [0.1, 0.15) is 11.5 Å². The van der Waals surface area contributed by atoms with E-state index in [9.17, 15) is 18.0 Å². The number of hydrogen-bond donors (Lipinski definition) is 1. The number of Topliss-reactive ketones (excluding diaryl/α,β-unsaturated/α-hetero) is 1. The van der Waals surface area contributed by atoms with E-state index in [0.717, 1.165) is 17.2 Å². The van der Waals surface area contributed by atoms with Gasteiger partial charge in [-0.25, -0.2) is 9.97 Å². The molecule has 0 aliphatic rings. The van der Waals surface area contributed by atoms with Crippen molar-refractivity contribution in [3.8, 4) is 22.6 Å². The second-order valence-corrected chi connectivity index (χ2v) is 7.63. The number of benzene rings is 2. The van der Waals surface area contributed by atoms with Crippen LogP contribution in [0.1, 0.15) is 21.6 Å². The van der Waals surface area contributed by atoms with Gasteiger partial charge < -0.3 is 4.98 Å². The quantitative estimate of drug-likeness (QED) is 0.365. The number of hydrogen-bond acceptors (Lipinski definition) is 4. The van der Waals surface area contributed by atoms with Crippen molar-refractivity contribution in [1.29, 1.82) is 0 Å². The monoisotopic (exact) mass is 447 g/mol. The zero-order valence-corrected chi connectivity index (χ0v) is 16.8. The van der Waals surface area contributed by atoms with Crippen molar-refractivity contribution in [2.75, 3.05) is 0 Å². The first-order valence-corrected chi connectivity index (χ1v) is 10.1. The van der Waals surface area contributed by atoms with Gasteiger partial charge in [-0.1, -0.05) is 35.9 Å². The molecular weight excluding hydrogens is 435 g/mol. The fraction of sp³-hybridized carbons (Fsp3) is 0.0952. The molecule has 0 atom stereocenters. The van der Waals surface area contributed by atoms with E-state index in [1.54, 1.807) is 17.1 Å². The SMILES string of the molecule is O=C(Cc1ccc(-c2cnc(-c3ccc(Cl)c(C(F)(F)F)c3)[nH]2)cc1)c1cscn1. The number of aromatic amines is 1. The molecule has 4 aromatic rings. The number of nitrogens with one attached hydrogen (secondary N) is 1. The fourth-order valence-corrected chi connectivity index (χ4v) is 3.71. The Morgan fingerprint density at radius 3 is 2.47 bits per heavy atom. The predicted octanol–water partition coefficient (Wildman–Crippen LogP) is 6.30. The Bertz CT molecular complexity index is 1190. The molecule has 0 fully saturated rings. The van der Waals surface area contributed by atoms with Gasteiger partial charge in [0, 0.05) is 17.4 Å². The van der Waals surface area contributed by atoms with Crippen LogP contribution >= 0.6 is 22.9 Å². The Balaban J connectivity index is 1.54. The number of imidazole rings is 1. The van der Waals surface area contributed by atoms with Crippen molar-refractivity contribution in [2.24, 2.45) is 0 Å². The van der Waals surface area contributed by atoms with E-state index in [1.165, 1.54) is 23.5 Å². The summed E-state index contributed by atoms with van der Waals surface area (Å²) in [7, 11) is 0. The highest BCUT2D eigenvalue weighted by Crippen LogP contribution is 2.37. The highest BCUT2D eigenvalue weighted by Gasteiger charge is 2.33. The van der Waals surface area contributed by atoms with E-state index in [-0.39, 0.29) is 22.8 Å². The molecule has 4 nitrogen and oxygen atoms in total. The molecule has 4 rings (SSSR count). The molecule has 0 bridgehead atoms. The van der Waals surface area contributed by atoms with Crippen LogP contribution in [0.25, 0.3) is 22.6 Å². The Morgan fingerprint density at radius 2 is 1.80 bits per heavy atom. The maximum absolute atomic E-state index is 13.1. The molecule has 30 heavy (non-hydrogen) atoms. The van der Waals surface area contributed by atoms with Gasteiger partial charge in [0.2, 0.25) is 0 Å². The molecule has 2 heterocycles. The number of carbonyl (C=O) groups is 1. The number of halogens is 4. The van der Waals surface area contributed by atoms with E-state index in [2.05, 4.69) is 15.0 Å². The summed E-state index contributed by atoms with van der Waals surface area (Å²) in [5.74, 6) is 0.242. The molecule has 0 radical (unpaired) electrons. The van der Waals surface area contributed by atoms with Crippen molar-refractivity contribution in [2.45, 2.75) is 12.6 Å². The van der Waals surface area contributed by atoms with Gasteiger partial charge in [0.15, 0.2) is 5.78 Å². The lowest BCUT2D eigenvalue weighted by atomic mass is 10.0. The third kappa shape index (κ3) is 4.29. The maximum atomic E-state index is 13.1. The number of rotatable bonds is 5. The van der Waals surface area contributed by atoms with Crippen LogP contribution in [0, 0.1) is 0 Å². The van der Waals surface area contributed by atoms with Crippen LogP contribution in [-0.4, -0.2) is 20.7 Å². The molecule has 0 aliphatic carbocycles. The third-order valence-electron chi connectivity index (χ3n) is 4.47. The van der Waals surface area contributed by atoms with Crippen molar-refractivity contribution in [3.63, 3.8) is 0 Å². The number of thiazole rings is 1. The smallest absolute Gasteiger partial charge is 0.338 e. The van der Waals surface area contributed by atoms with Crippen LogP contribution in [0.2, 0.25) is 5.02 Å². The minimum Gasteiger partial charge on any atom is -0.338 e. The molecular formula is C21H13ClF3N3OS. The average Bonchev–Trinajstić information content (AvgIpc) is 3.40. The number of ketones is 1. The van der Waals surface area contributed by atoms with Crippen molar-refractivity contribution >= 4 is 28.7 Å². The molecule has 1 N–H and O–H groups in total. The van der Waals surface area contributed by atoms with E-state index in [0.29, 0.717) is 17.2 Å². The summed E-state index contributed by atoms with van der Waals surface area (Å²) < 4.78 is 39.3. The summed E-state index contributed by atoms with van der Waals surface area (Å²) in [6, 6.07) is 10.9. The van der Waals surface area contributed by atoms with Crippen LogP contribution in [-0.2, 0) is 12.6 Å². The number of aromatic nitrogens is 3. The molecule has 0 amide bonds. The van der Waals surface area contributed by atoms with Crippen molar-refractivity contribution in [3.05, 3.63) is 81.4 Å². The lowest BCUT2D eigenvalue weighted by Gasteiger charge is -2.10. The van der Waals surface area contributed by atoms with Crippen LogP contribution < -0.4 is 0 Å². The van der Waals surface area contributed by atoms with Gasteiger partial charge >= 0.3 is 6.18 Å². The van der Waals surface area contributed by atoms with Gasteiger partial charge in [-0.15, -0.1) is 11.3 Å². The predicted molar refractivity (Wildman–Crippen MR) is 110 cm³/mol. The number of carbonyl (C=O) groups excluding carboxylic acids is 1. The summed E-state index contributed by atoms with van der Waals surface area (Å²) in [5, 5.41) is 1.35. The van der Waals surface area contributed by atoms with Crippen LogP contribution in [0.3, 0.4) is 0 Å². The zero-order valence-electron chi connectivity index (χ0n) is 15.2. The number of nitrogens with zero attached hydrogens (tertiary/aromatic N) is 2. The topological polar surface area (TPSA) is 58.6 Å². The molecule has 0 saturated heterocycles. The third-order valence-corrected chi connectivity index (χ3v) is 5.38. The van der Waals surface area contributed by atoms with Crippen LogP contribution in [0.5, 0.6) is 0 Å². The first-order chi connectivity index (χ1) is 14.3. The lowest BCUT2D eigenvalue weighted by molar-refractivity contribution is -0.137. The minimum atomic E-state index is -4.55. The largest absolute Gasteiger partial charge is 0.417 e. The second-order valence-electron chi connectivity index (χ2n) is 6.51. The van der Waals surface area contributed by atoms with E-state index in [1.807, 2.05) is 24.3 Å². The molecule has 2 aromatic carbocycles. The highest BCUT2D eigenvalue weighted by atomic mass is 35.5. The maximum Gasteiger partial charge on any atom is 0.417 e. The molecule has 0 spiro atoms.